The molecule has 3 nitrogen and oxygen atoms in total. The SMILES string of the molecule is NCCCNCCCNC(CCCC1CC2CCC1C2)CCCC1CC2CCC1C2. The molecule has 6 unspecified atom stereocenters. The molecule has 0 spiro atoms. The lowest BCUT2D eigenvalue weighted by atomic mass is 9.83. The minimum Gasteiger partial charge on any atom is -0.330 e. The highest BCUT2D eigenvalue weighted by molar-refractivity contribution is 4.91. The Morgan fingerprint density at radius 3 is 1.77 bits per heavy atom. The Morgan fingerprint density at radius 1 is 0.667 bits per heavy atom. The fourth-order valence-corrected chi connectivity index (χ4v) is 7.93. The first-order valence-electron chi connectivity index (χ1n) is 14.0. The van der Waals surface area contributed by atoms with Crippen LogP contribution < -0.4 is 16.4 Å². The topological polar surface area (TPSA) is 50.1 Å². The van der Waals surface area contributed by atoms with Crippen LogP contribution in [-0.4, -0.2) is 32.2 Å². The van der Waals surface area contributed by atoms with Gasteiger partial charge in [0.15, 0.2) is 0 Å². The summed E-state index contributed by atoms with van der Waals surface area (Å²) in [5, 5.41) is 7.50. The van der Waals surface area contributed by atoms with E-state index < -0.39 is 0 Å². The summed E-state index contributed by atoms with van der Waals surface area (Å²) in [6, 6.07) is 0.770. The van der Waals surface area contributed by atoms with Crippen molar-refractivity contribution in [1.29, 1.82) is 0 Å². The van der Waals surface area contributed by atoms with E-state index >= 15 is 0 Å². The van der Waals surface area contributed by atoms with E-state index in [1.54, 1.807) is 51.4 Å². The van der Waals surface area contributed by atoms with Gasteiger partial charge in [0.25, 0.3) is 0 Å². The molecular formula is C27H51N3. The fraction of sp³-hybridized carbons (Fsp3) is 1.00. The molecule has 0 amide bonds. The molecule has 0 aromatic heterocycles. The molecule has 0 radical (unpaired) electrons. The van der Waals surface area contributed by atoms with E-state index in [1.165, 1.54) is 51.5 Å². The van der Waals surface area contributed by atoms with Gasteiger partial charge in [-0.05, 0) is 126 Å². The highest BCUT2D eigenvalue weighted by atomic mass is 14.9. The normalized spacial score (nSPS) is 35.5. The van der Waals surface area contributed by atoms with E-state index in [0.717, 1.165) is 67.6 Å². The van der Waals surface area contributed by atoms with Crippen molar-refractivity contribution in [2.24, 2.45) is 41.2 Å². The largest absolute Gasteiger partial charge is 0.330 e. The Balaban J connectivity index is 1.11. The van der Waals surface area contributed by atoms with Crippen LogP contribution in [0.1, 0.15) is 103 Å². The van der Waals surface area contributed by atoms with Crippen LogP contribution in [0, 0.1) is 35.5 Å². The number of hydrogen-bond donors (Lipinski definition) is 3. The van der Waals surface area contributed by atoms with Gasteiger partial charge in [-0.2, -0.15) is 0 Å². The van der Waals surface area contributed by atoms with Gasteiger partial charge in [0, 0.05) is 6.04 Å². The third-order valence-electron chi connectivity index (χ3n) is 9.55. The van der Waals surface area contributed by atoms with E-state index in [0.29, 0.717) is 0 Å². The first-order valence-corrected chi connectivity index (χ1v) is 14.0. The van der Waals surface area contributed by atoms with Crippen molar-refractivity contribution in [2.75, 3.05) is 26.2 Å². The van der Waals surface area contributed by atoms with Gasteiger partial charge in [0.05, 0.1) is 0 Å². The van der Waals surface area contributed by atoms with Gasteiger partial charge in [-0.25, -0.2) is 0 Å². The van der Waals surface area contributed by atoms with Crippen molar-refractivity contribution in [3.63, 3.8) is 0 Å². The zero-order chi connectivity index (χ0) is 20.6. The standard InChI is InChI=1S/C27H51N3/c28-13-3-14-29-15-4-16-30-27(7-1-5-23-17-21-9-11-25(23)19-21)8-2-6-24-18-22-10-12-26(24)20-22/h21-27,29-30H,1-20,28H2. The lowest BCUT2D eigenvalue weighted by molar-refractivity contribution is 0.284. The summed E-state index contributed by atoms with van der Waals surface area (Å²) in [4.78, 5) is 0. The molecule has 4 fully saturated rings. The lowest BCUT2D eigenvalue weighted by Gasteiger charge is -2.25. The maximum Gasteiger partial charge on any atom is 0.00670 e. The van der Waals surface area contributed by atoms with Crippen LogP contribution in [0.4, 0.5) is 0 Å². The smallest absolute Gasteiger partial charge is 0.00670 e. The van der Waals surface area contributed by atoms with E-state index in [4.69, 9.17) is 5.73 Å². The van der Waals surface area contributed by atoms with Crippen molar-refractivity contribution < 1.29 is 0 Å². The van der Waals surface area contributed by atoms with Crippen molar-refractivity contribution in [3.05, 3.63) is 0 Å². The van der Waals surface area contributed by atoms with Crippen LogP contribution in [0.25, 0.3) is 0 Å². The van der Waals surface area contributed by atoms with Crippen molar-refractivity contribution >= 4 is 0 Å². The summed E-state index contributed by atoms with van der Waals surface area (Å²) >= 11 is 0. The Bertz CT molecular complexity index is 447. The van der Waals surface area contributed by atoms with Gasteiger partial charge in [0.1, 0.15) is 0 Å². The number of hydrogen-bond acceptors (Lipinski definition) is 3. The molecule has 4 aliphatic carbocycles. The van der Waals surface area contributed by atoms with Gasteiger partial charge in [0.2, 0.25) is 0 Å². The Labute approximate surface area is 187 Å². The summed E-state index contributed by atoms with van der Waals surface area (Å²) in [7, 11) is 0. The highest BCUT2D eigenvalue weighted by Crippen LogP contribution is 2.51. The Hall–Kier alpha value is -0.120. The first kappa shape index (κ1) is 23.1. The molecule has 6 atom stereocenters. The maximum absolute atomic E-state index is 5.58. The average molecular weight is 418 g/mol. The minimum absolute atomic E-state index is 0.770. The van der Waals surface area contributed by atoms with E-state index in [9.17, 15) is 0 Å². The molecule has 0 aromatic rings. The summed E-state index contributed by atoms with van der Waals surface area (Å²) in [5.41, 5.74) is 5.58. The van der Waals surface area contributed by atoms with Gasteiger partial charge in [-0.3, -0.25) is 0 Å². The van der Waals surface area contributed by atoms with Crippen LogP contribution in [0.15, 0.2) is 0 Å². The van der Waals surface area contributed by atoms with E-state index in [2.05, 4.69) is 10.6 Å². The number of rotatable bonds is 16. The zero-order valence-electron chi connectivity index (χ0n) is 19.8. The first-order chi connectivity index (χ1) is 14.8. The molecule has 0 saturated heterocycles. The second kappa shape index (κ2) is 12.2. The summed E-state index contributed by atoms with van der Waals surface area (Å²) in [6.45, 7) is 4.20. The Morgan fingerprint density at radius 2 is 1.27 bits per heavy atom. The van der Waals surface area contributed by atoms with E-state index in [1.807, 2.05) is 0 Å². The third-order valence-corrected chi connectivity index (χ3v) is 9.55. The van der Waals surface area contributed by atoms with Gasteiger partial charge >= 0.3 is 0 Å². The van der Waals surface area contributed by atoms with Gasteiger partial charge in [-0.15, -0.1) is 0 Å². The van der Waals surface area contributed by atoms with Crippen LogP contribution in [0.2, 0.25) is 0 Å². The second-order valence-electron chi connectivity index (χ2n) is 11.6. The van der Waals surface area contributed by atoms with E-state index in [-0.39, 0.29) is 0 Å². The Kier molecular flexibility index (Phi) is 9.38. The molecule has 0 heterocycles. The average Bonchev–Trinajstić information content (AvgIpc) is 3.54. The summed E-state index contributed by atoms with van der Waals surface area (Å²) < 4.78 is 0. The minimum atomic E-state index is 0.770. The molecule has 4 N–H and O–H groups in total. The summed E-state index contributed by atoms with van der Waals surface area (Å²) in [5.74, 6) is 6.62. The molecule has 0 aliphatic heterocycles. The van der Waals surface area contributed by atoms with Gasteiger partial charge < -0.3 is 16.4 Å². The van der Waals surface area contributed by atoms with Crippen LogP contribution >= 0.6 is 0 Å². The summed E-state index contributed by atoms with van der Waals surface area (Å²) in [6.07, 6.45) is 23.7. The zero-order valence-corrected chi connectivity index (χ0v) is 19.8. The fourth-order valence-electron chi connectivity index (χ4n) is 7.93. The number of nitrogens with one attached hydrogen (secondary N) is 2. The lowest BCUT2D eigenvalue weighted by Crippen LogP contribution is -2.32. The van der Waals surface area contributed by atoms with Crippen molar-refractivity contribution in [1.82, 2.24) is 10.6 Å². The van der Waals surface area contributed by atoms with Crippen molar-refractivity contribution in [2.45, 2.75) is 109 Å². The molecule has 0 aromatic carbocycles. The van der Waals surface area contributed by atoms with Crippen LogP contribution in [0.5, 0.6) is 0 Å². The predicted octanol–water partition coefficient (Wildman–Crippen LogP) is 5.49. The molecule has 174 valence electrons. The quantitative estimate of drug-likeness (QED) is 0.291. The number of fused-ring (bicyclic) bond motifs is 4. The number of nitrogens with two attached hydrogens (primary N) is 1. The third kappa shape index (κ3) is 6.69. The molecule has 4 bridgehead atoms. The molecular weight excluding hydrogens is 366 g/mol. The monoisotopic (exact) mass is 417 g/mol. The molecule has 4 rings (SSSR count). The molecule has 30 heavy (non-hydrogen) atoms. The van der Waals surface area contributed by atoms with Crippen molar-refractivity contribution in [3.8, 4) is 0 Å². The molecule has 4 saturated carbocycles. The van der Waals surface area contributed by atoms with Crippen LogP contribution in [0.3, 0.4) is 0 Å². The van der Waals surface area contributed by atoms with Gasteiger partial charge in [-0.1, -0.05) is 38.5 Å². The maximum atomic E-state index is 5.58. The van der Waals surface area contributed by atoms with Crippen LogP contribution in [-0.2, 0) is 0 Å². The highest BCUT2D eigenvalue weighted by Gasteiger charge is 2.39. The molecule has 4 aliphatic rings. The molecule has 3 heteroatoms. The predicted molar refractivity (Wildman–Crippen MR) is 129 cm³/mol. The second-order valence-corrected chi connectivity index (χ2v) is 11.6.